The van der Waals surface area contributed by atoms with Crippen LogP contribution in [-0.4, -0.2) is 36.8 Å². The maximum absolute atomic E-state index is 12.2. The maximum Gasteiger partial charge on any atom is 0.262 e. The van der Waals surface area contributed by atoms with Crippen LogP contribution in [0.15, 0.2) is 48.5 Å². The quantitative estimate of drug-likeness (QED) is 0.878. The van der Waals surface area contributed by atoms with Crippen molar-refractivity contribution in [1.82, 2.24) is 0 Å². The van der Waals surface area contributed by atoms with Crippen molar-refractivity contribution in [3.8, 4) is 5.75 Å². The Morgan fingerprint density at radius 3 is 2.56 bits per heavy atom. The molecule has 0 aliphatic carbocycles. The van der Waals surface area contributed by atoms with Crippen molar-refractivity contribution in [3.63, 3.8) is 0 Å². The third-order valence-corrected chi connectivity index (χ3v) is 4.37. The predicted octanol–water partition coefficient (Wildman–Crippen LogP) is 2.97. The minimum Gasteiger partial charge on any atom is -0.484 e. The molecule has 1 aliphatic rings. The Labute approximate surface area is 148 Å². The van der Waals surface area contributed by atoms with E-state index in [9.17, 15) is 9.90 Å². The van der Waals surface area contributed by atoms with Crippen molar-refractivity contribution in [1.29, 1.82) is 0 Å². The summed E-state index contributed by atoms with van der Waals surface area (Å²) in [5.74, 6) is 0.490. The molecule has 1 fully saturated rings. The van der Waals surface area contributed by atoms with Gasteiger partial charge in [0.1, 0.15) is 5.75 Å². The second-order valence-corrected chi connectivity index (χ2v) is 6.39. The number of aliphatic hydroxyl groups is 1. The molecule has 0 atom stereocenters. The highest BCUT2D eigenvalue weighted by Crippen LogP contribution is 2.28. The lowest BCUT2D eigenvalue weighted by Gasteiger charge is -2.32. The summed E-state index contributed by atoms with van der Waals surface area (Å²) in [5.41, 5.74) is 2.91. The number of benzene rings is 2. The van der Waals surface area contributed by atoms with Crippen LogP contribution < -0.4 is 15.0 Å². The Balaban J connectivity index is 1.60. The van der Waals surface area contributed by atoms with Crippen LogP contribution in [0.1, 0.15) is 18.4 Å². The summed E-state index contributed by atoms with van der Waals surface area (Å²) in [4.78, 5) is 14.4. The van der Waals surface area contributed by atoms with Gasteiger partial charge < -0.3 is 20.1 Å². The van der Waals surface area contributed by atoms with Crippen LogP contribution >= 0.6 is 0 Å². The fourth-order valence-corrected chi connectivity index (χ4v) is 2.93. The molecule has 0 spiro atoms. The van der Waals surface area contributed by atoms with Crippen molar-refractivity contribution in [2.24, 2.45) is 0 Å². The van der Waals surface area contributed by atoms with Gasteiger partial charge in [0.25, 0.3) is 5.91 Å². The monoisotopic (exact) mass is 340 g/mol. The molecule has 1 aliphatic heterocycles. The number of amides is 1. The Hall–Kier alpha value is -2.53. The number of hydrogen-bond acceptors (Lipinski definition) is 4. The highest BCUT2D eigenvalue weighted by molar-refractivity contribution is 5.95. The van der Waals surface area contributed by atoms with Gasteiger partial charge in [-0.3, -0.25) is 4.79 Å². The SMILES string of the molecule is Cc1ccc(OCC(=O)Nc2ccccc2N2CCC(O)CC2)cc1. The molecule has 5 nitrogen and oxygen atoms in total. The second-order valence-electron chi connectivity index (χ2n) is 6.39. The van der Waals surface area contributed by atoms with Crippen LogP contribution in [0.4, 0.5) is 11.4 Å². The van der Waals surface area contributed by atoms with E-state index in [1.807, 2.05) is 55.5 Å². The Kier molecular flexibility index (Phi) is 5.56. The van der Waals surface area contributed by atoms with Gasteiger partial charge >= 0.3 is 0 Å². The van der Waals surface area contributed by atoms with Gasteiger partial charge in [-0.25, -0.2) is 0 Å². The second kappa shape index (κ2) is 8.03. The molecule has 25 heavy (non-hydrogen) atoms. The van der Waals surface area contributed by atoms with Crippen molar-refractivity contribution < 1.29 is 14.6 Å². The van der Waals surface area contributed by atoms with E-state index in [0.717, 1.165) is 42.9 Å². The molecule has 1 saturated heterocycles. The number of aryl methyl sites for hydroxylation is 1. The molecular formula is C20H24N2O3. The van der Waals surface area contributed by atoms with Crippen molar-refractivity contribution in [3.05, 3.63) is 54.1 Å². The van der Waals surface area contributed by atoms with Crippen LogP contribution in [0.25, 0.3) is 0 Å². The lowest BCUT2D eigenvalue weighted by molar-refractivity contribution is -0.118. The number of piperidine rings is 1. The van der Waals surface area contributed by atoms with Gasteiger partial charge in [0.05, 0.1) is 17.5 Å². The smallest absolute Gasteiger partial charge is 0.262 e. The first-order valence-electron chi connectivity index (χ1n) is 8.63. The molecule has 1 heterocycles. The number of carbonyl (C=O) groups excluding carboxylic acids is 1. The first kappa shape index (κ1) is 17.3. The van der Waals surface area contributed by atoms with Gasteiger partial charge in [-0.2, -0.15) is 0 Å². The molecule has 0 aromatic heterocycles. The molecular weight excluding hydrogens is 316 g/mol. The topological polar surface area (TPSA) is 61.8 Å². The number of aliphatic hydroxyl groups excluding tert-OH is 1. The number of carbonyl (C=O) groups is 1. The molecule has 3 rings (SSSR count). The van der Waals surface area contributed by atoms with Crippen LogP contribution in [0.5, 0.6) is 5.75 Å². The minimum absolute atomic E-state index is 0.0316. The lowest BCUT2D eigenvalue weighted by atomic mass is 10.1. The van der Waals surface area contributed by atoms with Gasteiger partial charge in [-0.1, -0.05) is 29.8 Å². The number of para-hydroxylation sites is 2. The van der Waals surface area contributed by atoms with E-state index in [1.54, 1.807) is 0 Å². The van der Waals surface area contributed by atoms with Gasteiger partial charge in [-0.15, -0.1) is 0 Å². The standard InChI is InChI=1S/C20H24N2O3/c1-15-6-8-17(9-7-15)25-14-20(24)21-18-4-2-3-5-19(18)22-12-10-16(23)11-13-22/h2-9,16,23H,10-14H2,1H3,(H,21,24). The molecule has 2 aromatic rings. The van der Waals surface area contributed by atoms with E-state index in [0.29, 0.717) is 5.75 Å². The molecule has 132 valence electrons. The summed E-state index contributed by atoms with van der Waals surface area (Å²) < 4.78 is 5.54. The van der Waals surface area contributed by atoms with Crippen molar-refractivity contribution in [2.75, 3.05) is 29.9 Å². The zero-order valence-corrected chi connectivity index (χ0v) is 14.4. The van der Waals surface area contributed by atoms with E-state index in [1.165, 1.54) is 0 Å². The number of ether oxygens (including phenoxy) is 1. The Morgan fingerprint density at radius 1 is 1.16 bits per heavy atom. The number of anilines is 2. The van der Waals surface area contributed by atoms with Crippen LogP contribution in [-0.2, 0) is 4.79 Å². The van der Waals surface area contributed by atoms with Crippen LogP contribution in [0.3, 0.4) is 0 Å². The van der Waals surface area contributed by atoms with Crippen LogP contribution in [0, 0.1) is 6.92 Å². The van der Waals surface area contributed by atoms with E-state index in [2.05, 4.69) is 10.2 Å². The molecule has 0 bridgehead atoms. The average molecular weight is 340 g/mol. The molecule has 0 radical (unpaired) electrons. The molecule has 0 unspecified atom stereocenters. The third kappa shape index (κ3) is 4.73. The van der Waals surface area contributed by atoms with Crippen LogP contribution in [0.2, 0.25) is 0 Å². The number of rotatable bonds is 5. The fourth-order valence-electron chi connectivity index (χ4n) is 2.93. The highest BCUT2D eigenvalue weighted by atomic mass is 16.5. The summed E-state index contributed by atoms with van der Waals surface area (Å²) in [6, 6.07) is 15.4. The number of nitrogens with one attached hydrogen (secondary N) is 1. The summed E-state index contributed by atoms with van der Waals surface area (Å²) in [5, 5.41) is 12.6. The van der Waals surface area contributed by atoms with E-state index in [-0.39, 0.29) is 18.6 Å². The van der Waals surface area contributed by atoms with Gasteiger partial charge in [0.2, 0.25) is 0 Å². The minimum atomic E-state index is -0.221. The summed E-state index contributed by atoms with van der Waals surface area (Å²) in [6.45, 7) is 3.55. The predicted molar refractivity (Wildman–Crippen MR) is 99.2 cm³/mol. The molecule has 0 saturated carbocycles. The summed E-state index contributed by atoms with van der Waals surface area (Å²) in [7, 11) is 0. The van der Waals surface area contributed by atoms with Crippen molar-refractivity contribution >= 4 is 17.3 Å². The zero-order chi connectivity index (χ0) is 17.6. The first-order chi connectivity index (χ1) is 12.1. The van der Waals surface area contributed by atoms with Gasteiger partial charge in [-0.05, 0) is 44.0 Å². The fraction of sp³-hybridized carbons (Fsp3) is 0.350. The van der Waals surface area contributed by atoms with E-state index >= 15 is 0 Å². The van der Waals surface area contributed by atoms with Crippen molar-refractivity contribution in [2.45, 2.75) is 25.9 Å². The normalized spacial score (nSPS) is 15.0. The van der Waals surface area contributed by atoms with Gasteiger partial charge in [0, 0.05) is 13.1 Å². The number of nitrogens with zero attached hydrogens (tertiary/aromatic N) is 1. The number of hydrogen-bond donors (Lipinski definition) is 2. The molecule has 5 heteroatoms. The third-order valence-electron chi connectivity index (χ3n) is 4.37. The van der Waals surface area contributed by atoms with E-state index in [4.69, 9.17) is 4.74 Å². The zero-order valence-electron chi connectivity index (χ0n) is 14.4. The molecule has 2 N–H and O–H groups in total. The average Bonchev–Trinajstić information content (AvgIpc) is 2.63. The highest BCUT2D eigenvalue weighted by Gasteiger charge is 2.19. The maximum atomic E-state index is 12.2. The summed E-state index contributed by atoms with van der Waals surface area (Å²) in [6.07, 6.45) is 1.28. The Bertz CT molecular complexity index is 707. The Morgan fingerprint density at radius 2 is 1.84 bits per heavy atom. The lowest BCUT2D eigenvalue weighted by Crippen LogP contribution is -2.36. The van der Waals surface area contributed by atoms with Gasteiger partial charge in [0.15, 0.2) is 6.61 Å². The van der Waals surface area contributed by atoms with E-state index < -0.39 is 0 Å². The largest absolute Gasteiger partial charge is 0.484 e. The molecule has 2 aromatic carbocycles. The molecule has 1 amide bonds. The summed E-state index contributed by atoms with van der Waals surface area (Å²) >= 11 is 0. The first-order valence-corrected chi connectivity index (χ1v) is 8.63.